The molecule has 0 bridgehead atoms. The molecule has 0 aromatic rings. The molecule has 0 rings (SSSR count). The zero-order valence-electron chi connectivity index (χ0n) is 15.2. The molecule has 0 saturated heterocycles. The van der Waals surface area contributed by atoms with E-state index in [2.05, 4.69) is 33.8 Å². The molecule has 0 aromatic heterocycles. The van der Waals surface area contributed by atoms with E-state index in [0.29, 0.717) is 24.5 Å². The number of hydrogen-bond acceptors (Lipinski definition) is 3. The Bertz CT molecular complexity index is 356. The van der Waals surface area contributed by atoms with Gasteiger partial charge in [0.2, 0.25) is 0 Å². The van der Waals surface area contributed by atoms with Crippen molar-refractivity contribution in [1.82, 2.24) is 0 Å². The lowest BCUT2D eigenvalue weighted by atomic mass is 9.94. The van der Waals surface area contributed by atoms with Crippen LogP contribution in [0.5, 0.6) is 0 Å². The zero-order valence-corrected chi connectivity index (χ0v) is 15.2. The van der Waals surface area contributed by atoms with Gasteiger partial charge in [0, 0.05) is 12.7 Å². The summed E-state index contributed by atoms with van der Waals surface area (Å²) in [6, 6.07) is 0. The Morgan fingerprint density at radius 1 is 1.09 bits per heavy atom. The third kappa shape index (κ3) is 10.6. The summed E-state index contributed by atoms with van der Waals surface area (Å²) in [5.74, 6) is 0.917. The Hall–Kier alpha value is -1.09. The topological polar surface area (TPSA) is 35.5 Å². The molecule has 3 nitrogen and oxygen atoms in total. The quantitative estimate of drug-likeness (QED) is 0.309. The number of carbonyl (C=O) groups excluding carboxylic acids is 1. The van der Waals surface area contributed by atoms with Crippen LogP contribution >= 0.6 is 0 Å². The van der Waals surface area contributed by atoms with Gasteiger partial charge in [0.1, 0.15) is 0 Å². The average molecular weight is 310 g/mol. The predicted octanol–water partition coefficient (Wildman–Crippen LogP) is 4.92. The number of rotatable bonds is 11. The van der Waals surface area contributed by atoms with E-state index < -0.39 is 0 Å². The second-order valence-electron chi connectivity index (χ2n) is 6.20. The summed E-state index contributed by atoms with van der Waals surface area (Å²) in [4.78, 5) is 11.3. The molecule has 0 radical (unpaired) electrons. The highest BCUT2D eigenvalue weighted by Gasteiger charge is 2.14. The minimum atomic E-state index is -0.269. The predicted molar refractivity (Wildman–Crippen MR) is 92.8 cm³/mol. The number of carbonyl (C=O) groups is 1. The maximum atomic E-state index is 11.3. The van der Waals surface area contributed by atoms with Crippen LogP contribution in [-0.4, -0.2) is 25.3 Å². The highest BCUT2D eigenvalue weighted by molar-refractivity contribution is 5.83. The number of ether oxygens (including phenoxy) is 2. The Morgan fingerprint density at radius 2 is 1.77 bits per heavy atom. The van der Waals surface area contributed by atoms with Crippen LogP contribution in [0.1, 0.15) is 60.8 Å². The van der Waals surface area contributed by atoms with Crippen LogP contribution in [0.3, 0.4) is 0 Å². The highest BCUT2D eigenvalue weighted by Crippen LogP contribution is 2.19. The Balaban J connectivity index is 4.13. The summed E-state index contributed by atoms with van der Waals surface area (Å²) in [6.07, 6.45) is 9.32. The van der Waals surface area contributed by atoms with Gasteiger partial charge in [-0.05, 0) is 57.4 Å². The van der Waals surface area contributed by atoms with Crippen molar-refractivity contribution in [2.24, 2.45) is 11.8 Å². The second-order valence-corrected chi connectivity index (χ2v) is 6.20. The van der Waals surface area contributed by atoms with Gasteiger partial charge in [0.15, 0.2) is 0 Å². The molecule has 0 aliphatic rings. The van der Waals surface area contributed by atoms with Crippen molar-refractivity contribution in [3.63, 3.8) is 0 Å². The molecule has 0 aliphatic heterocycles. The van der Waals surface area contributed by atoms with Crippen molar-refractivity contribution in [2.45, 2.75) is 66.9 Å². The van der Waals surface area contributed by atoms with Crippen LogP contribution in [0, 0.1) is 11.8 Å². The summed E-state index contributed by atoms with van der Waals surface area (Å²) in [5, 5.41) is 0. The van der Waals surface area contributed by atoms with E-state index in [1.807, 2.05) is 19.9 Å². The lowest BCUT2D eigenvalue weighted by Gasteiger charge is -2.22. The van der Waals surface area contributed by atoms with Gasteiger partial charge in [-0.25, -0.2) is 4.79 Å². The summed E-state index contributed by atoms with van der Waals surface area (Å²) in [6.45, 7) is 13.7. The van der Waals surface area contributed by atoms with Gasteiger partial charge in [0.25, 0.3) is 0 Å². The van der Waals surface area contributed by atoms with Crippen LogP contribution in [0.2, 0.25) is 0 Å². The average Bonchev–Trinajstić information content (AvgIpc) is 2.43. The summed E-state index contributed by atoms with van der Waals surface area (Å²) in [7, 11) is 0. The number of allylic oxidation sites excluding steroid dienone is 3. The van der Waals surface area contributed by atoms with Gasteiger partial charge in [-0.3, -0.25) is 0 Å². The molecular weight excluding hydrogens is 276 g/mol. The lowest BCUT2D eigenvalue weighted by Crippen LogP contribution is -2.20. The van der Waals surface area contributed by atoms with E-state index in [4.69, 9.17) is 9.47 Å². The fourth-order valence-electron chi connectivity index (χ4n) is 2.29. The normalized spacial score (nSPS) is 15.3. The van der Waals surface area contributed by atoms with Gasteiger partial charge < -0.3 is 9.47 Å². The van der Waals surface area contributed by atoms with Crippen LogP contribution in [0.15, 0.2) is 23.8 Å². The summed E-state index contributed by atoms with van der Waals surface area (Å²) < 4.78 is 10.7. The Kier molecular flexibility index (Phi) is 11.8. The van der Waals surface area contributed by atoms with E-state index in [1.165, 1.54) is 6.08 Å². The second kappa shape index (κ2) is 12.5. The highest BCUT2D eigenvalue weighted by atomic mass is 16.5. The molecule has 0 N–H and O–H groups in total. The molecule has 0 fully saturated rings. The molecule has 0 heterocycles. The smallest absolute Gasteiger partial charge is 0.330 e. The first-order valence-electron chi connectivity index (χ1n) is 8.53. The van der Waals surface area contributed by atoms with Crippen molar-refractivity contribution in [3.05, 3.63) is 23.8 Å². The lowest BCUT2D eigenvalue weighted by molar-refractivity contribution is -0.137. The molecule has 22 heavy (non-hydrogen) atoms. The van der Waals surface area contributed by atoms with Crippen molar-refractivity contribution >= 4 is 5.97 Å². The van der Waals surface area contributed by atoms with E-state index in [9.17, 15) is 4.79 Å². The standard InChI is InChI=1S/C19H34O3/c1-7-21-18(15(3)4)13-12-16(5)10-9-11-17(6)14-19(20)22-8-2/h9,11,14-16,18H,7-8,10,12-13H2,1-6H3. The third-order valence-corrected chi connectivity index (χ3v) is 3.62. The van der Waals surface area contributed by atoms with Crippen LogP contribution in [0.25, 0.3) is 0 Å². The minimum Gasteiger partial charge on any atom is -0.463 e. The van der Waals surface area contributed by atoms with Crippen LogP contribution in [0.4, 0.5) is 0 Å². The monoisotopic (exact) mass is 310 g/mol. The van der Waals surface area contributed by atoms with E-state index in [1.54, 1.807) is 0 Å². The van der Waals surface area contributed by atoms with Crippen LogP contribution < -0.4 is 0 Å². The molecule has 128 valence electrons. The maximum absolute atomic E-state index is 11.3. The molecular formula is C19H34O3. The van der Waals surface area contributed by atoms with Crippen molar-refractivity contribution in [3.8, 4) is 0 Å². The summed E-state index contributed by atoms with van der Waals surface area (Å²) in [5.41, 5.74) is 0.931. The third-order valence-electron chi connectivity index (χ3n) is 3.62. The van der Waals surface area contributed by atoms with E-state index >= 15 is 0 Å². The summed E-state index contributed by atoms with van der Waals surface area (Å²) >= 11 is 0. The van der Waals surface area contributed by atoms with Gasteiger partial charge >= 0.3 is 5.97 Å². The van der Waals surface area contributed by atoms with Gasteiger partial charge in [-0.15, -0.1) is 0 Å². The molecule has 0 aromatic carbocycles. The molecule has 2 unspecified atom stereocenters. The SMILES string of the molecule is CCOC(=O)C=C(C)C=CCC(C)CCC(OCC)C(C)C. The Morgan fingerprint density at radius 3 is 2.32 bits per heavy atom. The molecule has 2 atom stereocenters. The van der Waals surface area contributed by atoms with Gasteiger partial charge in [-0.1, -0.05) is 32.9 Å². The number of hydrogen-bond donors (Lipinski definition) is 0. The minimum absolute atomic E-state index is 0.269. The molecule has 0 spiro atoms. The maximum Gasteiger partial charge on any atom is 0.330 e. The van der Waals surface area contributed by atoms with Gasteiger partial charge in [0.05, 0.1) is 12.7 Å². The fraction of sp³-hybridized carbons (Fsp3) is 0.737. The zero-order chi connectivity index (χ0) is 17.0. The largest absolute Gasteiger partial charge is 0.463 e. The van der Waals surface area contributed by atoms with Gasteiger partial charge in [-0.2, -0.15) is 0 Å². The molecule has 3 heteroatoms. The van der Waals surface area contributed by atoms with Crippen molar-refractivity contribution < 1.29 is 14.3 Å². The van der Waals surface area contributed by atoms with Crippen molar-refractivity contribution in [2.75, 3.05) is 13.2 Å². The van der Waals surface area contributed by atoms with Crippen LogP contribution in [-0.2, 0) is 14.3 Å². The fourth-order valence-corrected chi connectivity index (χ4v) is 2.29. The first-order valence-corrected chi connectivity index (χ1v) is 8.53. The molecule has 0 saturated carbocycles. The Labute approximate surface area is 136 Å². The number of esters is 1. The van der Waals surface area contributed by atoms with E-state index in [0.717, 1.165) is 31.4 Å². The first-order chi connectivity index (χ1) is 10.4. The first kappa shape index (κ1) is 20.9. The molecule has 0 amide bonds. The van der Waals surface area contributed by atoms with Crippen molar-refractivity contribution in [1.29, 1.82) is 0 Å². The van der Waals surface area contributed by atoms with E-state index in [-0.39, 0.29) is 5.97 Å². The molecule has 0 aliphatic carbocycles.